The molecule has 4 heterocycles. The van der Waals surface area contributed by atoms with Gasteiger partial charge in [0.1, 0.15) is 11.9 Å². The molecule has 0 aliphatic carbocycles. The molecule has 30 heavy (non-hydrogen) atoms. The van der Waals surface area contributed by atoms with Crippen molar-refractivity contribution >= 4 is 10.8 Å². The zero-order chi connectivity index (χ0) is 20.8. The lowest BCUT2D eigenvalue weighted by Gasteiger charge is -2.42. The van der Waals surface area contributed by atoms with Crippen molar-refractivity contribution in [3.05, 3.63) is 46.9 Å². The van der Waals surface area contributed by atoms with Crippen molar-refractivity contribution in [1.82, 2.24) is 20.1 Å². The van der Waals surface area contributed by atoms with Gasteiger partial charge >= 0.3 is 0 Å². The van der Waals surface area contributed by atoms with Crippen LogP contribution in [-0.2, 0) is 7.05 Å². The summed E-state index contributed by atoms with van der Waals surface area (Å²) in [5.41, 5.74) is 0.729. The topological polar surface area (TPSA) is 89.3 Å². The summed E-state index contributed by atoms with van der Waals surface area (Å²) >= 11 is 0. The normalized spacial score (nSPS) is 25.9. The molecule has 1 aromatic carbocycles. The van der Waals surface area contributed by atoms with Gasteiger partial charge < -0.3 is 19.7 Å². The van der Waals surface area contributed by atoms with E-state index in [1.54, 1.807) is 37.5 Å². The molecular formula is C22H23FN4O3. The number of nitrogens with zero attached hydrogens (tertiary/aromatic N) is 3. The molecule has 2 aliphatic rings. The molecule has 5 rings (SSSR count). The van der Waals surface area contributed by atoms with Crippen molar-refractivity contribution in [3.63, 3.8) is 0 Å². The molecule has 4 atom stereocenters. The van der Waals surface area contributed by atoms with Crippen LogP contribution in [0.1, 0.15) is 25.7 Å². The van der Waals surface area contributed by atoms with Gasteiger partial charge in [-0.3, -0.25) is 4.79 Å². The first-order valence-corrected chi connectivity index (χ1v) is 10.2. The van der Waals surface area contributed by atoms with Gasteiger partial charge in [-0.1, -0.05) is 6.42 Å². The van der Waals surface area contributed by atoms with Crippen LogP contribution in [0.2, 0.25) is 0 Å². The number of rotatable bonds is 3. The number of phenolic OH excluding ortho intramolecular Hbond substituents is 1. The Morgan fingerprint density at radius 2 is 2.10 bits per heavy atom. The van der Waals surface area contributed by atoms with Gasteiger partial charge in [-0.15, -0.1) is 10.2 Å². The molecule has 156 valence electrons. The highest BCUT2D eigenvalue weighted by molar-refractivity contribution is 5.89. The fourth-order valence-corrected chi connectivity index (χ4v) is 4.54. The summed E-state index contributed by atoms with van der Waals surface area (Å²) in [6.45, 7) is 0. The van der Waals surface area contributed by atoms with Crippen LogP contribution >= 0.6 is 0 Å². The van der Waals surface area contributed by atoms with Crippen molar-refractivity contribution in [2.45, 2.75) is 50.0 Å². The maximum Gasteiger partial charge on any atom is 0.258 e. The van der Waals surface area contributed by atoms with Crippen molar-refractivity contribution in [2.24, 2.45) is 7.05 Å². The summed E-state index contributed by atoms with van der Waals surface area (Å²) in [5, 5.41) is 23.2. The Labute approximate surface area is 172 Å². The molecule has 0 radical (unpaired) electrons. The molecule has 2 aliphatic heterocycles. The molecule has 2 bridgehead atoms. The maximum atomic E-state index is 14.7. The van der Waals surface area contributed by atoms with E-state index in [-0.39, 0.29) is 29.3 Å². The van der Waals surface area contributed by atoms with E-state index in [1.165, 1.54) is 10.6 Å². The number of nitrogens with one attached hydrogen (secondary N) is 1. The van der Waals surface area contributed by atoms with Gasteiger partial charge in [0.05, 0.1) is 11.1 Å². The zero-order valence-corrected chi connectivity index (χ0v) is 16.6. The van der Waals surface area contributed by atoms with Crippen LogP contribution in [0.25, 0.3) is 22.0 Å². The van der Waals surface area contributed by atoms with E-state index in [0.29, 0.717) is 28.5 Å². The molecule has 0 amide bonds. The Kier molecular flexibility index (Phi) is 4.66. The first-order valence-electron chi connectivity index (χ1n) is 10.2. The standard InChI is InChI=1S/C22H23FN4O3/c1-27-8-7-12-9-15(18(28)11-14(12)22(27)29)16-5-6-20(26-25-16)30-19-10-13-3-2-4-17(24-13)21(19)23/h5-9,11,13,17,19,21,24,28H,2-4,10H2,1H3/t13-,17+,19-,21+/m0/s1. The number of pyridine rings is 1. The Morgan fingerprint density at radius 1 is 1.23 bits per heavy atom. The predicted octanol–water partition coefficient (Wildman–Crippen LogP) is 2.70. The zero-order valence-electron chi connectivity index (χ0n) is 16.6. The van der Waals surface area contributed by atoms with E-state index in [2.05, 4.69) is 15.5 Å². The maximum absolute atomic E-state index is 14.7. The van der Waals surface area contributed by atoms with E-state index in [0.717, 1.165) is 19.3 Å². The molecule has 8 heteroatoms. The number of benzene rings is 1. The molecule has 3 aromatic rings. The third kappa shape index (κ3) is 3.31. The fraction of sp³-hybridized carbons (Fsp3) is 0.409. The molecule has 2 aromatic heterocycles. The number of piperidine rings is 2. The van der Waals surface area contributed by atoms with Crippen LogP contribution in [0.3, 0.4) is 0 Å². The number of ether oxygens (including phenoxy) is 1. The van der Waals surface area contributed by atoms with Crippen LogP contribution in [0.15, 0.2) is 41.3 Å². The van der Waals surface area contributed by atoms with Crippen LogP contribution in [-0.4, -0.2) is 44.2 Å². The summed E-state index contributed by atoms with van der Waals surface area (Å²) in [6.07, 6.45) is 3.59. The summed E-state index contributed by atoms with van der Waals surface area (Å²) in [6, 6.07) is 8.41. The Morgan fingerprint density at radius 3 is 2.90 bits per heavy atom. The molecular weight excluding hydrogens is 387 g/mol. The van der Waals surface area contributed by atoms with Gasteiger partial charge in [-0.05, 0) is 42.5 Å². The van der Waals surface area contributed by atoms with Crippen molar-refractivity contribution < 1.29 is 14.2 Å². The molecule has 0 unspecified atom stereocenters. The molecule has 2 fully saturated rings. The molecule has 0 spiro atoms. The average molecular weight is 410 g/mol. The second kappa shape index (κ2) is 7.36. The minimum atomic E-state index is -1.07. The van der Waals surface area contributed by atoms with Crippen LogP contribution in [0.5, 0.6) is 11.6 Å². The van der Waals surface area contributed by atoms with E-state index >= 15 is 0 Å². The summed E-state index contributed by atoms with van der Waals surface area (Å²) in [5.74, 6) is 0.212. The smallest absolute Gasteiger partial charge is 0.258 e. The van der Waals surface area contributed by atoms with Gasteiger partial charge in [0.2, 0.25) is 5.88 Å². The number of aryl methyl sites for hydroxylation is 1. The number of fused-ring (bicyclic) bond motifs is 3. The lowest BCUT2D eigenvalue weighted by molar-refractivity contribution is 0.00652. The van der Waals surface area contributed by atoms with E-state index < -0.39 is 12.3 Å². The number of alkyl halides is 1. The molecule has 7 nitrogen and oxygen atoms in total. The van der Waals surface area contributed by atoms with Crippen LogP contribution in [0, 0.1) is 0 Å². The highest BCUT2D eigenvalue weighted by Crippen LogP contribution is 2.33. The number of phenols is 1. The number of aromatic nitrogens is 3. The minimum Gasteiger partial charge on any atom is -0.507 e. The van der Waals surface area contributed by atoms with E-state index in [1.807, 2.05) is 0 Å². The lowest BCUT2D eigenvalue weighted by atomic mass is 9.84. The number of halogens is 1. The monoisotopic (exact) mass is 410 g/mol. The quantitative estimate of drug-likeness (QED) is 0.690. The average Bonchev–Trinajstić information content (AvgIpc) is 2.75. The third-order valence-electron chi connectivity index (χ3n) is 6.16. The first kappa shape index (κ1) is 19.0. The Bertz CT molecular complexity index is 1150. The number of aromatic hydroxyl groups is 1. The predicted molar refractivity (Wildman–Crippen MR) is 110 cm³/mol. The largest absolute Gasteiger partial charge is 0.507 e. The van der Waals surface area contributed by atoms with Crippen LogP contribution < -0.4 is 15.6 Å². The minimum absolute atomic E-state index is 0.0521. The fourth-order valence-electron chi connectivity index (χ4n) is 4.54. The van der Waals surface area contributed by atoms with E-state index in [4.69, 9.17) is 4.74 Å². The van der Waals surface area contributed by atoms with Crippen molar-refractivity contribution in [1.29, 1.82) is 0 Å². The van der Waals surface area contributed by atoms with Gasteiger partial charge in [-0.25, -0.2) is 4.39 Å². The summed E-state index contributed by atoms with van der Waals surface area (Å²) in [4.78, 5) is 12.2. The highest BCUT2D eigenvalue weighted by atomic mass is 19.1. The highest BCUT2D eigenvalue weighted by Gasteiger charge is 2.41. The van der Waals surface area contributed by atoms with Gasteiger partial charge in [-0.2, -0.15) is 0 Å². The van der Waals surface area contributed by atoms with E-state index in [9.17, 15) is 14.3 Å². The van der Waals surface area contributed by atoms with Gasteiger partial charge in [0.25, 0.3) is 5.56 Å². The van der Waals surface area contributed by atoms with Crippen molar-refractivity contribution in [3.8, 4) is 22.9 Å². The number of hydrogen-bond acceptors (Lipinski definition) is 6. The van der Waals surface area contributed by atoms with Crippen LogP contribution in [0.4, 0.5) is 4.39 Å². The number of hydrogen-bond donors (Lipinski definition) is 2. The Hall–Kier alpha value is -3.00. The molecule has 0 saturated carbocycles. The third-order valence-corrected chi connectivity index (χ3v) is 6.16. The summed E-state index contributed by atoms with van der Waals surface area (Å²) in [7, 11) is 1.66. The second-order valence-electron chi connectivity index (χ2n) is 8.18. The lowest BCUT2D eigenvalue weighted by Crippen LogP contribution is -2.59. The second-order valence-corrected chi connectivity index (χ2v) is 8.18. The van der Waals surface area contributed by atoms with Gasteiger partial charge in [0.15, 0.2) is 6.17 Å². The van der Waals surface area contributed by atoms with Crippen molar-refractivity contribution in [2.75, 3.05) is 0 Å². The SMILES string of the molecule is Cn1ccc2cc(-c3ccc(O[C@H]4C[C@@H]5CCC[C@@H](N5)[C@H]4F)nn3)c(O)cc2c1=O. The first-order chi connectivity index (χ1) is 14.5. The summed E-state index contributed by atoms with van der Waals surface area (Å²) < 4.78 is 22.0. The Balaban J connectivity index is 1.39. The molecule has 2 saturated heterocycles. The molecule has 2 N–H and O–H groups in total. The van der Waals surface area contributed by atoms with Gasteiger partial charge in [0, 0.05) is 43.4 Å².